The first-order valence-electron chi connectivity index (χ1n) is 6.12. The van der Waals surface area contributed by atoms with Gasteiger partial charge in [0.2, 0.25) is 0 Å². The molecule has 104 valence electrons. The third-order valence-electron chi connectivity index (χ3n) is 3.08. The number of hydrogen-bond acceptors (Lipinski definition) is 3. The van der Waals surface area contributed by atoms with Gasteiger partial charge in [0.25, 0.3) is 11.5 Å². The third kappa shape index (κ3) is 2.30. The van der Waals surface area contributed by atoms with Crippen molar-refractivity contribution in [3.05, 3.63) is 75.0 Å². The van der Waals surface area contributed by atoms with Gasteiger partial charge in [-0.2, -0.15) is 0 Å². The van der Waals surface area contributed by atoms with E-state index in [4.69, 9.17) is 12.2 Å². The van der Waals surface area contributed by atoms with Crippen LogP contribution in [0, 0.1) is 10.6 Å². The zero-order valence-electron chi connectivity index (χ0n) is 10.7. The lowest BCUT2D eigenvalue weighted by molar-refractivity contribution is 0.0953. The number of aromatic amines is 1. The van der Waals surface area contributed by atoms with Crippen LogP contribution in [0.25, 0.3) is 10.9 Å². The molecule has 0 spiro atoms. The first kappa shape index (κ1) is 13.4. The maximum atomic E-state index is 13.2. The van der Waals surface area contributed by atoms with Gasteiger partial charge in [0.15, 0.2) is 4.77 Å². The van der Waals surface area contributed by atoms with Crippen molar-refractivity contribution in [1.82, 2.24) is 9.55 Å². The number of para-hydroxylation sites is 1. The van der Waals surface area contributed by atoms with E-state index < -0.39 is 17.3 Å². The van der Waals surface area contributed by atoms with Crippen molar-refractivity contribution in [2.75, 3.05) is 0 Å². The molecule has 0 aliphatic carbocycles. The highest BCUT2D eigenvalue weighted by atomic mass is 32.1. The van der Waals surface area contributed by atoms with Crippen molar-refractivity contribution in [1.29, 1.82) is 0 Å². The van der Waals surface area contributed by atoms with Crippen LogP contribution in [0.1, 0.15) is 10.4 Å². The van der Waals surface area contributed by atoms with E-state index in [0.29, 0.717) is 10.9 Å². The number of aromatic nitrogens is 2. The van der Waals surface area contributed by atoms with Gasteiger partial charge in [0, 0.05) is 5.56 Å². The molecule has 1 heterocycles. The average Bonchev–Trinajstić information content (AvgIpc) is 2.47. The second-order valence-corrected chi connectivity index (χ2v) is 4.82. The Morgan fingerprint density at radius 2 is 1.90 bits per heavy atom. The summed E-state index contributed by atoms with van der Waals surface area (Å²) in [6.07, 6.45) is 0. The maximum absolute atomic E-state index is 13.2. The molecule has 21 heavy (non-hydrogen) atoms. The van der Waals surface area contributed by atoms with E-state index in [1.807, 2.05) is 0 Å². The van der Waals surface area contributed by atoms with Crippen molar-refractivity contribution in [3.63, 3.8) is 0 Å². The summed E-state index contributed by atoms with van der Waals surface area (Å²) in [5.41, 5.74) is 0.0892. The quantitative estimate of drug-likeness (QED) is 0.703. The van der Waals surface area contributed by atoms with E-state index >= 15 is 0 Å². The number of rotatable bonds is 1. The lowest BCUT2D eigenvalue weighted by Crippen LogP contribution is -2.29. The molecular weight excluding hydrogens is 291 g/mol. The van der Waals surface area contributed by atoms with Crippen molar-refractivity contribution in [2.24, 2.45) is 0 Å². The number of nitrogens with one attached hydrogen (secondary N) is 1. The molecule has 2 aromatic carbocycles. The predicted molar refractivity (Wildman–Crippen MR) is 79.5 cm³/mol. The van der Waals surface area contributed by atoms with Gasteiger partial charge in [-0.15, -0.1) is 0 Å². The second kappa shape index (κ2) is 5.06. The van der Waals surface area contributed by atoms with Crippen molar-refractivity contribution >= 4 is 29.0 Å². The van der Waals surface area contributed by atoms with E-state index in [-0.39, 0.29) is 10.3 Å². The van der Waals surface area contributed by atoms with Crippen LogP contribution >= 0.6 is 12.2 Å². The molecule has 0 radical (unpaired) electrons. The van der Waals surface area contributed by atoms with Crippen molar-refractivity contribution in [2.45, 2.75) is 0 Å². The van der Waals surface area contributed by atoms with Crippen LogP contribution in [0.2, 0.25) is 0 Å². The lowest BCUT2D eigenvalue weighted by Gasteiger charge is -2.07. The van der Waals surface area contributed by atoms with Gasteiger partial charge in [-0.05, 0) is 42.5 Å². The summed E-state index contributed by atoms with van der Waals surface area (Å²) in [4.78, 5) is 27.6. The molecule has 3 aromatic rings. The number of halogens is 1. The molecule has 0 aliphatic rings. The van der Waals surface area contributed by atoms with Gasteiger partial charge >= 0.3 is 0 Å². The highest BCUT2D eigenvalue weighted by molar-refractivity contribution is 7.71. The normalized spacial score (nSPS) is 10.7. The number of H-pyrrole nitrogens is 1. The summed E-state index contributed by atoms with van der Waals surface area (Å²) in [6, 6.07) is 11.9. The van der Waals surface area contributed by atoms with Gasteiger partial charge in [-0.1, -0.05) is 18.2 Å². The number of carbonyl (C=O) groups is 1. The van der Waals surface area contributed by atoms with Gasteiger partial charge in [-0.3, -0.25) is 9.59 Å². The minimum Gasteiger partial charge on any atom is -0.331 e. The third-order valence-corrected chi connectivity index (χ3v) is 3.36. The van der Waals surface area contributed by atoms with Gasteiger partial charge in [-0.25, -0.2) is 8.96 Å². The average molecular weight is 300 g/mol. The van der Waals surface area contributed by atoms with Crippen LogP contribution in [-0.4, -0.2) is 15.5 Å². The molecule has 0 fully saturated rings. The fourth-order valence-corrected chi connectivity index (χ4v) is 2.37. The molecule has 3 rings (SSSR count). The standard InChI is InChI=1S/C15H9FN2O2S/c16-10-5-3-4-9(8-10)13(19)18-14(20)11-6-1-2-7-12(11)17-15(18)21/h1-8H,(H,17,21). The molecule has 0 saturated heterocycles. The molecule has 6 heteroatoms. The minimum atomic E-state index is -0.661. The molecule has 1 N–H and O–H groups in total. The molecule has 1 aromatic heterocycles. The molecule has 0 aliphatic heterocycles. The molecular formula is C15H9FN2O2S. The number of carbonyl (C=O) groups excluding carboxylic acids is 1. The van der Waals surface area contributed by atoms with Crippen LogP contribution < -0.4 is 5.56 Å². The molecule has 0 amide bonds. The van der Waals surface area contributed by atoms with Crippen molar-refractivity contribution in [3.8, 4) is 0 Å². The fourth-order valence-electron chi connectivity index (χ4n) is 2.10. The molecule has 0 atom stereocenters. The molecule has 4 nitrogen and oxygen atoms in total. The minimum absolute atomic E-state index is 0.0204. The topological polar surface area (TPSA) is 54.9 Å². The summed E-state index contributed by atoms with van der Waals surface area (Å²) in [7, 11) is 0. The molecule has 0 bridgehead atoms. The Hall–Kier alpha value is -2.60. The Morgan fingerprint density at radius 1 is 1.14 bits per heavy atom. The Bertz CT molecular complexity index is 975. The summed E-state index contributed by atoms with van der Waals surface area (Å²) in [6.45, 7) is 0. The zero-order valence-corrected chi connectivity index (χ0v) is 11.5. The van der Waals surface area contributed by atoms with E-state index in [9.17, 15) is 14.0 Å². The zero-order chi connectivity index (χ0) is 15.0. The number of fused-ring (bicyclic) bond motifs is 1. The van der Waals surface area contributed by atoms with Crippen LogP contribution in [0.4, 0.5) is 4.39 Å². The van der Waals surface area contributed by atoms with Gasteiger partial charge < -0.3 is 4.98 Å². The summed E-state index contributed by atoms with van der Waals surface area (Å²) < 4.78 is 14.0. The predicted octanol–water partition coefficient (Wildman–Crippen LogP) is 2.89. The molecule has 0 saturated carbocycles. The highest BCUT2D eigenvalue weighted by Crippen LogP contribution is 2.09. The Kier molecular flexibility index (Phi) is 3.23. The number of benzene rings is 2. The van der Waals surface area contributed by atoms with Gasteiger partial charge in [0.1, 0.15) is 5.82 Å². The van der Waals surface area contributed by atoms with E-state index in [0.717, 1.165) is 10.6 Å². The smallest absolute Gasteiger partial charge is 0.269 e. The fraction of sp³-hybridized carbons (Fsp3) is 0. The summed E-state index contributed by atoms with van der Waals surface area (Å²) in [5.74, 6) is -1.21. The number of nitrogens with zero attached hydrogens (tertiary/aromatic N) is 1. The second-order valence-electron chi connectivity index (χ2n) is 4.43. The largest absolute Gasteiger partial charge is 0.331 e. The molecule has 0 unspecified atom stereocenters. The first-order valence-corrected chi connectivity index (χ1v) is 6.53. The Labute approximate surface area is 123 Å². The van der Waals surface area contributed by atoms with Crippen LogP contribution in [0.15, 0.2) is 53.3 Å². The van der Waals surface area contributed by atoms with Crippen molar-refractivity contribution < 1.29 is 9.18 Å². The van der Waals surface area contributed by atoms with E-state index in [1.54, 1.807) is 24.3 Å². The highest BCUT2D eigenvalue weighted by Gasteiger charge is 2.14. The monoisotopic (exact) mass is 300 g/mol. The van der Waals surface area contributed by atoms with E-state index in [2.05, 4.69) is 4.98 Å². The van der Waals surface area contributed by atoms with Crippen LogP contribution in [0.3, 0.4) is 0 Å². The maximum Gasteiger partial charge on any atom is 0.269 e. The van der Waals surface area contributed by atoms with E-state index in [1.165, 1.54) is 18.2 Å². The first-order chi connectivity index (χ1) is 10.1. The van der Waals surface area contributed by atoms with Crippen LogP contribution in [0.5, 0.6) is 0 Å². The summed E-state index contributed by atoms with van der Waals surface area (Å²) >= 11 is 5.07. The SMILES string of the molecule is O=C(c1cccc(F)c1)n1c(=S)[nH]c2ccccc2c1=O. The van der Waals surface area contributed by atoms with Crippen LogP contribution in [-0.2, 0) is 0 Å². The Morgan fingerprint density at radius 3 is 2.67 bits per heavy atom. The summed E-state index contributed by atoms with van der Waals surface area (Å²) in [5, 5.41) is 0.343. The lowest BCUT2D eigenvalue weighted by atomic mass is 10.2. The Balaban J connectivity index is 2.28. The number of hydrogen-bond donors (Lipinski definition) is 1. The van der Waals surface area contributed by atoms with Gasteiger partial charge in [0.05, 0.1) is 10.9 Å².